The van der Waals surface area contributed by atoms with E-state index >= 15 is 0 Å². The summed E-state index contributed by atoms with van der Waals surface area (Å²) in [6.07, 6.45) is 8.46. The second-order valence-corrected chi connectivity index (χ2v) is 2.49. The fraction of sp³-hybridized carbons (Fsp3) is 0.750. The van der Waals surface area contributed by atoms with Gasteiger partial charge in [0, 0.05) is 6.42 Å². The summed E-state index contributed by atoms with van der Waals surface area (Å²) in [6, 6.07) is 0. The molecule has 0 heterocycles. The van der Waals surface area contributed by atoms with Crippen molar-refractivity contribution in [3.05, 3.63) is 0 Å². The van der Waals surface area contributed by atoms with Crippen molar-refractivity contribution in [3.8, 4) is 12.3 Å². The van der Waals surface area contributed by atoms with E-state index in [0.29, 0.717) is 0 Å². The van der Waals surface area contributed by atoms with Crippen molar-refractivity contribution < 1.29 is 0 Å². The molecule has 0 saturated carbocycles. The van der Waals surface area contributed by atoms with Crippen LogP contribution in [-0.4, -0.2) is 0 Å². The third-order valence-corrected chi connectivity index (χ3v) is 1.10. The van der Waals surface area contributed by atoms with Crippen molar-refractivity contribution in [2.45, 2.75) is 33.1 Å². The topological polar surface area (TPSA) is 70.0 Å². The molecule has 0 unspecified atom stereocenters. The molecule has 0 rings (SSSR count). The molecule has 0 aromatic rings. The Morgan fingerprint density at radius 2 is 1.80 bits per heavy atom. The molecule has 0 aromatic heterocycles. The Morgan fingerprint density at radius 1 is 1.30 bits per heavy atom. The first-order valence-electron chi connectivity index (χ1n) is 3.21. The molecular formula is C8H20N2. The summed E-state index contributed by atoms with van der Waals surface area (Å²) < 4.78 is 0. The van der Waals surface area contributed by atoms with Crippen LogP contribution in [0.25, 0.3) is 0 Å². The highest BCUT2D eigenvalue weighted by Gasteiger charge is 1.89. The standard InChI is InChI=1S/C8H14.2H3N/c1-4-5-6-7-8(2)3;;/h1,8H,5-7H2,2-3H3;2*1H3. The molecule has 0 spiro atoms. The Bertz CT molecular complexity index is 81.7. The van der Waals surface area contributed by atoms with Crippen molar-refractivity contribution in [1.29, 1.82) is 0 Å². The lowest BCUT2D eigenvalue weighted by Crippen LogP contribution is -1.84. The largest absolute Gasteiger partial charge is 0.344 e. The highest BCUT2D eigenvalue weighted by Crippen LogP contribution is 2.04. The van der Waals surface area contributed by atoms with E-state index in [1.54, 1.807) is 0 Å². The van der Waals surface area contributed by atoms with Gasteiger partial charge < -0.3 is 12.3 Å². The minimum absolute atomic E-state index is 0. The lowest BCUT2D eigenvalue weighted by Gasteiger charge is -1.98. The van der Waals surface area contributed by atoms with Gasteiger partial charge in [-0.3, -0.25) is 0 Å². The van der Waals surface area contributed by atoms with Crippen LogP contribution in [0.15, 0.2) is 0 Å². The van der Waals surface area contributed by atoms with E-state index in [1.807, 2.05) is 0 Å². The maximum absolute atomic E-state index is 5.06. The van der Waals surface area contributed by atoms with Gasteiger partial charge in [0.25, 0.3) is 0 Å². The second-order valence-electron chi connectivity index (χ2n) is 2.49. The molecule has 0 atom stereocenters. The molecule has 0 saturated heterocycles. The molecule has 62 valence electrons. The number of terminal acetylenes is 1. The summed E-state index contributed by atoms with van der Waals surface area (Å²) in [5, 5.41) is 0. The van der Waals surface area contributed by atoms with Gasteiger partial charge in [-0.25, -0.2) is 0 Å². The van der Waals surface area contributed by atoms with Gasteiger partial charge in [-0.2, -0.15) is 0 Å². The minimum Gasteiger partial charge on any atom is -0.344 e. The van der Waals surface area contributed by atoms with Gasteiger partial charge in [-0.1, -0.05) is 20.3 Å². The van der Waals surface area contributed by atoms with Crippen LogP contribution < -0.4 is 12.3 Å². The quantitative estimate of drug-likeness (QED) is 0.472. The smallest absolute Gasteiger partial charge is 0.00861 e. The zero-order valence-corrected chi connectivity index (χ0v) is 7.19. The molecule has 0 radical (unpaired) electrons. The molecular weight excluding hydrogens is 124 g/mol. The molecule has 0 aliphatic carbocycles. The summed E-state index contributed by atoms with van der Waals surface area (Å²) in [7, 11) is 0. The van der Waals surface area contributed by atoms with Gasteiger partial charge >= 0.3 is 0 Å². The van der Waals surface area contributed by atoms with Gasteiger partial charge in [0.15, 0.2) is 0 Å². The number of hydrogen-bond donors (Lipinski definition) is 2. The average Bonchev–Trinajstić information content (AvgIpc) is 1.66. The second kappa shape index (κ2) is 11.3. The SMILES string of the molecule is C#CCCCC(C)C.N.N. The van der Waals surface area contributed by atoms with E-state index in [9.17, 15) is 0 Å². The Hall–Kier alpha value is -0.520. The first-order valence-corrected chi connectivity index (χ1v) is 3.21. The third kappa shape index (κ3) is 15.6. The summed E-state index contributed by atoms with van der Waals surface area (Å²) in [4.78, 5) is 0. The van der Waals surface area contributed by atoms with Crippen LogP contribution in [0.1, 0.15) is 33.1 Å². The zero-order chi connectivity index (χ0) is 6.41. The van der Waals surface area contributed by atoms with Crippen LogP contribution in [0.3, 0.4) is 0 Å². The van der Waals surface area contributed by atoms with Crippen LogP contribution in [0.5, 0.6) is 0 Å². The third-order valence-electron chi connectivity index (χ3n) is 1.10. The fourth-order valence-corrected chi connectivity index (χ4v) is 0.612. The lowest BCUT2D eigenvalue weighted by atomic mass is 10.1. The first-order chi connectivity index (χ1) is 3.77. The fourth-order valence-electron chi connectivity index (χ4n) is 0.612. The van der Waals surface area contributed by atoms with Gasteiger partial charge in [-0.15, -0.1) is 12.3 Å². The maximum atomic E-state index is 5.06. The predicted octanol–water partition coefficient (Wildman–Crippen LogP) is 2.77. The zero-order valence-electron chi connectivity index (χ0n) is 7.19. The number of rotatable bonds is 3. The normalized spacial score (nSPS) is 7.40. The number of unbranched alkanes of at least 4 members (excludes halogenated alkanes) is 1. The molecule has 2 heteroatoms. The monoisotopic (exact) mass is 144 g/mol. The first kappa shape index (κ1) is 16.2. The van der Waals surface area contributed by atoms with Crippen molar-refractivity contribution in [2.24, 2.45) is 5.92 Å². The van der Waals surface area contributed by atoms with E-state index in [0.717, 1.165) is 12.3 Å². The number of hydrogen-bond acceptors (Lipinski definition) is 2. The molecule has 0 aliphatic rings. The highest BCUT2D eigenvalue weighted by atomic mass is 14.0. The van der Waals surface area contributed by atoms with Gasteiger partial charge in [0.05, 0.1) is 0 Å². The predicted molar refractivity (Wildman–Crippen MR) is 47.6 cm³/mol. The van der Waals surface area contributed by atoms with E-state index in [2.05, 4.69) is 19.8 Å². The molecule has 0 bridgehead atoms. The average molecular weight is 144 g/mol. The van der Waals surface area contributed by atoms with Gasteiger partial charge in [0.2, 0.25) is 0 Å². The van der Waals surface area contributed by atoms with Crippen LogP contribution >= 0.6 is 0 Å². The molecule has 0 amide bonds. The summed E-state index contributed by atoms with van der Waals surface area (Å²) in [5.74, 6) is 3.43. The van der Waals surface area contributed by atoms with Crippen LogP contribution in [0.2, 0.25) is 0 Å². The Labute approximate surface area is 64.6 Å². The lowest BCUT2D eigenvalue weighted by molar-refractivity contribution is 0.563. The highest BCUT2D eigenvalue weighted by molar-refractivity contribution is 4.82. The van der Waals surface area contributed by atoms with Crippen LogP contribution in [-0.2, 0) is 0 Å². The van der Waals surface area contributed by atoms with Crippen molar-refractivity contribution in [3.63, 3.8) is 0 Å². The van der Waals surface area contributed by atoms with E-state index in [-0.39, 0.29) is 12.3 Å². The summed E-state index contributed by atoms with van der Waals surface area (Å²) in [5.41, 5.74) is 0. The molecule has 0 aromatic carbocycles. The van der Waals surface area contributed by atoms with Gasteiger partial charge in [-0.05, 0) is 12.3 Å². The van der Waals surface area contributed by atoms with E-state index in [1.165, 1.54) is 12.8 Å². The Balaban J connectivity index is -0.000000245. The molecule has 10 heavy (non-hydrogen) atoms. The van der Waals surface area contributed by atoms with Crippen molar-refractivity contribution >= 4 is 0 Å². The molecule has 6 N–H and O–H groups in total. The van der Waals surface area contributed by atoms with Crippen LogP contribution in [0, 0.1) is 18.3 Å². The van der Waals surface area contributed by atoms with E-state index in [4.69, 9.17) is 6.42 Å². The summed E-state index contributed by atoms with van der Waals surface area (Å²) in [6.45, 7) is 4.44. The maximum Gasteiger partial charge on any atom is 0.00861 e. The van der Waals surface area contributed by atoms with Crippen molar-refractivity contribution in [1.82, 2.24) is 12.3 Å². The molecule has 2 nitrogen and oxygen atoms in total. The van der Waals surface area contributed by atoms with Crippen LogP contribution in [0.4, 0.5) is 0 Å². The summed E-state index contributed by atoms with van der Waals surface area (Å²) >= 11 is 0. The molecule has 0 fully saturated rings. The Morgan fingerprint density at radius 3 is 2.10 bits per heavy atom. The van der Waals surface area contributed by atoms with E-state index < -0.39 is 0 Å². The van der Waals surface area contributed by atoms with Crippen molar-refractivity contribution in [2.75, 3.05) is 0 Å². The molecule has 0 aliphatic heterocycles. The minimum atomic E-state index is 0. The Kier molecular flexibility index (Phi) is 18.3. The van der Waals surface area contributed by atoms with Gasteiger partial charge in [0.1, 0.15) is 0 Å².